The smallest absolute Gasteiger partial charge is 0.293 e. The first kappa shape index (κ1) is 12.4. The summed E-state index contributed by atoms with van der Waals surface area (Å²) < 4.78 is 1.58. The number of nitrogens with one attached hydrogen (secondary N) is 2. The molecule has 1 amide bonds. The number of rotatable bonds is 3. The third kappa shape index (κ3) is 2.26. The van der Waals surface area contributed by atoms with Gasteiger partial charge in [-0.2, -0.15) is 10.2 Å². The van der Waals surface area contributed by atoms with Gasteiger partial charge < -0.3 is 5.32 Å². The van der Waals surface area contributed by atoms with E-state index >= 15 is 0 Å². The molecule has 0 aliphatic rings. The molecular weight excluding hydrogens is 280 g/mol. The van der Waals surface area contributed by atoms with Crippen molar-refractivity contribution < 1.29 is 4.79 Å². The van der Waals surface area contributed by atoms with E-state index in [4.69, 9.17) is 11.6 Å². The van der Waals surface area contributed by atoms with Crippen LogP contribution in [0.25, 0.3) is 5.69 Å². The zero-order chi connectivity index (χ0) is 13.9. The number of para-hydroxylation sites is 1. The fourth-order valence-electron chi connectivity index (χ4n) is 1.75. The number of H-pyrrole nitrogens is 1. The summed E-state index contributed by atoms with van der Waals surface area (Å²) in [6.07, 6.45) is 4.64. The van der Waals surface area contributed by atoms with Gasteiger partial charge in [-0.3, -0.25) is 9.89 Å². The Bertz CT molecular complexity index is 723. The number of anilines is 1. The number of hydrogen-bond acceptors (Lipinski definition) is 4. The molecule has 0 saturated carbocycles. The topological polar surface area (TPSA) is 88.5 Å². The number of carbonyl (C=O) groups excluding carboxylic acids is 1. The van der Waals surface area contributed by atoms with E-state index in [1.54, 1.807) is 41.3 Å². The summed E-state index contributed by atoms with van der Waals surface area (Å²) in [7, 11) is 0. The van der Waals surface area contributed by atoms with Gasteiger partial charge in [-0.1, -0.05) is 17.7 Å². The molecule has 1 aromatic carbocycles. The maximum absolute atomic E-state index is 12.0. The number of aromatic amines is 1. The molecule has 0 unspecified atom stereocenters. The third-order valence-corrected chi connectivity index (χ3v) is 2.90. The first-order valence-corrected chi connectivity index (χ1v) is 6.09. The van der Waals surface area contributed by atoms with Crippen molar-refractivity contribution in [2.75, 3.05) is 5.32 Å². The summed E-state index contributed by atoms with van der Waals surface area (Å²) in [5.41, 5.74) is 1.12. The first-order valence-electron chi connectivity index (χ1n) is 5.71. The van der Waals surface area contributed by atoms with Crippen LogP contribution in [0.1, 0.15) is 10.6 Å². The maximum Gasteiger partial charge on any atom is 0.293 e. The summed E-state index contributed by atoms with van der Waals surface area (Å²) in [6, 6.07) is 6.97. The van der Waals surface area contributed by atoms with Gasteiger partial charge in [-0.05, 0) is 18.2 Å². The Labute approximate surface area is 118 Å². The van der Waals surface area contributed by atoms with E-state index in [0.29, 0.717) is 16.4 Å². The maximum atomic E-state index is 12.0. The van der Waals surface area contributed by atoms with E-state index in [9.17, 15) is 4.79 Å². The Kier molecular flexibility index (Phi) is 3.18. The molecule has 0 radical (unpaired) electrons. The molecule has 8 heteroatoms. The molecule has 0 fully saturated rings. The standard InChI is InChI=1S/C12H9ClN6O/c13-8-3-1-4-9(10(8)19-6-2-5-16-19)17-12(20)11-14-7-15-18-11/h1-7H,(H,17,20)(H,14,15,18). The SMILES string of the molecule is O=C(Nc1cccc(Cl)c1-n1cccn1)c1ncn[nH]1. The van der Waals surface area contributed by atoms with Crippen molar-refractivity contribution in [1.82, 2.24) is 25.0 Å². The average molecular weight is 289 g/mol. The molecule has 0 aliphatic carbocycles. The zero-order valence-corrected chi connectivity index (χ0v) is 10.9. The van der Waals surface area contributed by atoms with Gasteiger partial charge in [0.1, 0.15) is 12.0 Å². The second-order valence-corrected chi connectivity index (χ2v) is 4.28. The summed E-state index contributed by atoms with van der Waals surface area (Å²) in [5, 5.41) is 13.5. The lowest BCUT2D eigenvalue weighted by atomic mass is 10.2. The minimum Gasteiger partial charge on any atom is -0.317 e. The number of hydrogen-bond donors (Lipinski definition) is 2. The summed E-state index contributed by atoms with van der Waals surface area (Å²) in [5.74, 6) is -0.283. The van der Waals surface area contributed by atoms with Crippen molar-refractivity contribution in [1.29, 1.82) is 0 Å². The van der Waals surface area contributed by atoms with E-state index in [0.717, 1.165) is 0 Å². The van der Waals surface area contributed by atoms with Crippen LogP contribution in [0.4, 0.5) is 5.69 Å². The van der Waals surface area contributed by atoms with Crippen LogP contribution in [0, 0.1) is 0 Å². The second kappa shape index (κ2) is 5.14. The van der Waals surface area contributed by atoms with Gasteiger partial charge in [0.05, 0.1) is 10.7 Å². The largest absolute Gasteiger partial charge is 0.317 e. The van der Waals surface area contributed by atoms with Crippen molar-refractivity contribution in [3.63, 3.8) is 0 Å². The normalized spacial score (nSPS) is 10.4. The van der Waals surface area contributed by atoms with Crippen molar-refractivity contribution in [3.05, 3.63) is 53.8 Å². The Hall–Kier alpha value is -2.67. The molecule has 7 nitrogen and oxygen atoms in total. The highest BCUT2D eigenvalue weighted by atomic mass is 35.5. The predicted molar refractivity (Wildman–Crippen MR) is 72.9 cm³/mol. The van der Waals surface area contributed by atoms with Crippen molar-refractivity contribution in [3.8, 4) is 5.69 Å². The molecule has 0 aliphatic heterocycles. The average Bonchev–Trinajstić information content (AvgIpc) is 3.12. The number of aromatic nitrogens is 5. The molecular formula is C12H9ClN6O. The minimum atomic E-state index is -0.404. The predicted octanol–water partition coefficient (Wildman–Crippen LogP) is 1.90. The van der Waals surface area contributed by atoms with Gasteiger partial charge in [-0.15, -0.1) is 0 Å². The Morgan fingerprint density at radius 2 is 2.25 bits per heavy atom. The van der Waals surface area contributed by atoms with Gasteiger partial charge in [-0.25, -0.2) is 9.67 Å². The van der Waals surface area contributed by atoms with Crippen molar-refractivity contribution in [2.24, 2.45) is 0 Å². The first-order chi connectivity index (χ1) is 9.75. The molecule has 0 saturated heterocycles. The highest BCUT2D eigenvalue weighted by Crippen LogP contribution is 2.28. The third-order valence-electron chi connectivity index (χ3n) is 2.60. The molecule has 0 atom stereocenters. The van der Waals surface area contributed by atoms with Crippen LogP contribution in [-0.2, 0) is 0 Å². The lowest BCUT2D eigenvalue weighted by Gasteiger charge is -2.11. The monoisotopic (exact) mass is 288 g/mol. The van der Waals surface area contributed by atoms with Gasteiger partial charge in [0.25, 0.3) is 5.91 Å². The van der Waals surface area contributed by atoms with Crippen LogP contribution in [-0.4, -0.2) is 30.9 Å². The van der Waals surface area contributed by atoms with E-state index in [2.05, 4.69) is 25.6 Å². The molecule has 100 valence electrons. The quantitative estimate of drug-likeness (QED) is 0.770. The second-order valence-electron chi connectivity index (χ2n) is 3.87. The van der Waals surface area contributed by atoms with Gasteiger partial charge in [0.2, 0.25) is 5.82 Å². The summed E-state index contributed by atoms with van der Waals surface area (Å²) in [6.45, 7) is 0. The molecule has 2 N–H and O–H groups in total. The van der Waals surface area contributed by atoms with Gasteiger partial charge in [0.15, 0.2) is 0 Å². The van der Waals surface area contributed by atoms with Crippen LogP contribution in [0.2, 0.25) is 5.02 Å². The Morgan fingerprint density at radius 1 is 1.35 bits per heavy atom. The summed E-state index contributed by atoms with van der Waals surface area (Å²) >= 11 is 6.18. The number of halogens is 1. The number of carbonyl (C=O) groups is 1. The van der Waals surface area contributed by atoms with Gasteiger partial charge in [0, 0.05) is 12.4 Å². The molecule has 20 heavy (non-hydrogen) atoms. The van der Waals surface area contributed by atoms with Crippen LogP contribution in [0.15, 0.2) is 43.0 Å². The lowest BCUT2D eigenvalue weighted by molar-refractivity contribution is 0.101. The molecule has 2 heterocycles. The number of amides is 1. The van der Waals surface area contributed by atoms with Crippen LogP contribution >= 0.6 is 11.6 Å². The van der Waals surface area contributed by atoms with Crippen molar-refractivity contribution in [2.45, 2.75) is 0 Å². The Balaban J connectivity index is 1.98. The van der Waals surface area contributed by atoms with E-state index in [1.165, 1.54) is 6.33 Å². The van der Waals surface area contributed by atoms with Crippen LogP contribution in [0.5, 0.6) is 0 Å². The minimum absolute atomic E-state index is 0.122. The van der Waals surface area contributed by atoms with Crippen molar-refractivity contribution >= 4 is 23.2 Å². The molecule has 2 aromatic heterocycles. The van der Waals surface area contributed by atoms with Crippen LogP contribution in [0.3, 0.4) is 0 Å². The zero-order valence-electron chi connectivity index (χ0n) is 10.1. The number of nitrogens with zero attached hydrogens (tertiary/aromatic N) is 4. The van der Waals surface area contributed by atoms with E-state index in [-0.39, 0.29) is 5.82 Å². The van der Waals surface area contributed by atoms with Gasteiger partial charge >= 0.3 is 0 Å². The highest BCUT2D eigenvalue weighted by Gasteiger charge is 2.14. The fourth-order valence-corrected chi connectivity index (χ4v) is 2.01. The Morgan fingerprint density at radius 3 is 2.95 bits per heavy atom. The molecule has 0 bridgehead atoms. The summed E-state index contributed by atoms with van der Waals surface area (Å²) in [4.78, 5) is 15.8. The molecule has 0 spiro atoms. The number of benzene rings is 1. The van der Waals surface area contributed by atoms with E-state index in [1.807, 2.05) is 0 Å². The van der Waals surface area contributed by atoms with Crippen LogP contribution < -0.4 is 5.32 Å². The molecule has 3 rings (SSSR count). The fraction of sp³-hybridized carbons (Fsp3) is 0. The highest BCUT2D eigenvalue weighted by molar-refractivity contribution is 6.33. The molecule has 3 aromatic rings. The lowest BCUT2D eigenvalue weighted by Crippen LogP contribution is -2.15. The van der Waals surface area contributed by atoms with E-state index < -0.39 is 5.91 Å².